The molecule has 3 rings (SSSR count). The maximum atomic E-state index is 11.2. The minimum absolute atomic E-state index is 0.307. The first-order valence-corrected chi connectivity index (χ1v) is 5.86. The summed E-state index contributed by atoms with van der Waals surface area (Å²) >= 11 is 0. The third-order valence-corrected chi connectivity index (χ3v) is 3.03. The molecule has 0 saturated heterocycles. The zero-order valence-electron chi connectivity index (χ0n) is 9.74. The first kappa shape index (κ1) is 10.8. The molecule has 2 heteroatoms. The van der Waals surface area contributed by atoms with Crippen LogP contribution in [-0.2, 0) is 4.79 Å². The summed E-state index contributed by atoms with van der Waals surface area (Å²) in [6.07, 6.45) is 2.45. The topological polar surface area (TPSA) is 26.3 Å². The van der Waals surface area contributed by atoms with E-state index in [2.05, 4.69) is 0 Å². The quantitative estimate of drug-likeness (QED) is 0.747. The van der Waals surface area contributed by atoms with Gasteiger partial charge in [0.1, 0.15) is 12.0 Å². The van der Waals surface area contributed by atoms with Crippen molar-refractivity contribution < 1.29 is 9.53 Å². The van der Waals surface area contributed by atoms with Crippen molar-refractivity contribution in [1.29, 1.82) is 0 Å². The van der Waals surface area contributed by atoms with Crippen LogP contribution in [0, 0.1) is 0 Å². The lowest BCUT2D eigenvalue weighted by Gasteiger charge is -2.25. The lowest BCUT2D eigenvalue weighted by Crippen LogP contribution is -2.15. The molecular weight excluding hydrogens is 224 g/mol. The summed E-state index contributed by atoms with van der Waals surface area (Å²) in [5.41, 5.74) is 2.59. The number of ether oxygens (including phenoxy) is 1. The van der Waals surface area contributed by atoms with Crippen molar-refractivity contribution in [3.8, 4) is 5.75 Å². The van der Waals surface area contributed by atoms with E-state index in [1.807, 2.05) is 60.7 Å². The molecule has 1 atom stereocenters. The Balaban J connectivity index is 2.07. The lowest BCUT2D eigenvalue weighted by atomic mass is 9.97. The van der Waals surface area contributed by atoms with Gasteiger partial charge in [0.25, 0.3) is 0 Å². The van der Waals surface area contributed by atoms with E-state index in [0.29, 0.717) is 5.57 Å². The SMILES string of the molecule is O=CC1=Cc2ccccc2O[C@H]1c1ccccc1. The van der Waals surface area contributed by atoms with Gasteiger partial charge >= 0.3 is 0 Å². The molecule has 18 heavy (non-hydrogen) atoms. The summed E-state index contributed by atoms with van der Waals surface area (Å²) in [5, 5.41) is 0. The first-order valence-electron chi connectivity index (χ1n) is 5.86. The molecule has 0 radical (unpaired) electrons. The van der Waals surface area contributed by atoms with Crippen LogP contribution in [0.25, 0.3) is 6.08 Å². The Labute approximate surface area is 106 Å². The predicted molar refractivity (Wildman–Crippen MR) is 70.3 cm³/mol. The van der Waals surface area contributed by atoms with E-state index in [1.54, 1.807) is 0 Å². The molecule has 2 nitrogen and oxygen atoms in total. The van der Waals surface area contributed by atoms with Gasteiger partial charge in [0.05, 0.1) is 0 Å². The summed E-state index contributed by atoms with van der Waals surface area (Å²) in [6.45, 7) is 0. The Bertz CT molecular complexity index is 600. The molecule has 0 fully saturated rings. The molecule has 0 bridgehead atoms. The monoisotopic (exact) mass is 236 g/mol. The molecule has 0 aliphatic carbocycles. The number of fused-ring (bicyclic) bond motifs is 1. The molecule has 0 unspecified atom stereocenters. The van der Waals surface area contributed by atoms with E-state index in [4.69, 9.17) is 4.74 Å². The summed E-state index contributed by atoms with van der Waals surface area (Å²) < 4.78 is 5.92. The largest absolute Gasteiger partial charge is 0.480 e. The van der Waals surface area contributed by atoms with Crippen molar-refractivity contribution >= 4 is 12.4 Å². The molecule has 2 aromatic carbocycles. The van der Waals surface area contributed by atoms with Crippen molar-refractivity contribution in [2.75, 3.05) is 0 Å². The Kier molecular flexibility index (Phi) is 2.69. The number of benzene rings is 2. The van der Waals surface area contributed by atoms with Crippen molar-refractivity contribution in [3.05, 3.63) is 71.3 Å². The first-order chi connectivity index (χ1) is 8.88. The zero-order chi connectivity index (χ0) is 12.4. The number of rotatable bonds is 2. The summed E-state index contributed by atoms with van der Waals surface area (Å²) in [6, 6.07) is 17.5. The molecule has 1 heterocycles. The average molecular weight is 236 g/mol. The van der Waals surface area contributed by atoms with Crippen molar-refractivity contribution in [1.82, 2.24) is 0 Å². The summed E-state index contributed by atoms with van der Waals surface area (Å²) in [5.74, 6) is 0.817. The van der Waals surface area contributed by atoms with E-state index in [9.17, 15) is 4.79 Å². The molecule has 1 aliphatic rings. The molecule has 0 saturated carbocycles. The van der Waals surface area contributed by atoms with Crippen molar-refractivity contribution in [2.45, 2.75) is 6.10 Å². The maximum absolute atomic E-state index is 11.2. The van der Waals surface area contributed by atoms with Crippen LogP contribution in [0.2, 0.25) is 0 Å². The highest BCUT2D eigenvalue weighted by Crippen LogP contribution is 2.36. The van der Waals surface area contributed by atoms with Crippen LogP contribution in [0.1, 0.15) is 17.2 Å². The minimum Gasteiger partial charge on any atom is -0.480 e. The molecule has 0 spiro atoms. The lowest BCUT2D eigenvalue weighted by molar-refractivity contribution is -0.105. The minimum atomic E-state index is -0.307. The van der Waals surface area contributed by atoms with Gasteiger partial charge in [-0.25, -0.2) is 0 Å². The highest BCUT2D eigenvalue weighted by Gasteiger charge is 2.23. The van der Waals surface area contributed by atoms with Crippen LogP contribution in [0.15, 0.2) is 60.2 Å². The molecule has 0 N–H and O–H groups in total. The van der Waals surface area contributed by atoms with E-state index in [0.717, 1.165) is 23.2 Å². The number of hydrogen-bond acceptors (Lipinski definition) is 2. The smallest absolute Gasteiger partial charge is 0.152 e. The fourth-order valence-corrected chi connectivity index (χ4v) is 2.14. The van der Waals surface area contributed by atoms with Gasteiger partial charge in [-0.1, -0.05) is 48.5 Å². The summed E-state index contributed by atoms with van der Waals surface area (Å²) in [4.78, 5) is 11.2. The molecule has 1 aliphatic heterocycles. The Hall–Kier alpha value is -2.35. The maximum Gasteiger partial charge on any atom is 0.152 e. The van der Waals surface area contributed by atoms with Crippen LogP contribution in [-0.4, -0.2) is 6.29 Å². The second kappa shape index (κ2) is 4.49. The fourth-order valence-electron chi connectivity index (χ4n) is 2.14. The normalized spacial score (nSPS) is 17.3. The molecular formula is C16H12O2. The molecule has 88 valence electrons. The van der Waals surface area contributed by atoms with E-state index < -0.39 is 0 Å². The predicted octanol–water partition coefficient (Wildman–Crippen LogP) is 3.40. The number of carbonyl (C=O) groups is 1. The van der Waals surface area contributed by atoms with Gasteiger partial charge < -0.3 is 4.74 Å². The van der Waals surface area contributed by atoms with Gasteiger partial charge in [-0.15, -0.1) is 0 Å². The van der Waals surface area contributed by atoms with Gasteiger partial charge in [0.15, 0.2) is 6.10 Å². The second-order valence-corrected chi connectivity index (χ2v) is 4.21. The van der Waals surface area contributed by atoms with Gasteiger partial charge in [-0.3, -0.25) is 4.79 Å². The van der Waals surface area contributed by atoms with Gasteiger partial charge in [0.2, 0.25) is 0 Å². The number of hydrogen-bond donors (Lipinski definition) is 0. The number of aldehydes is 1. The van der Waals surface area contributed by atoms with Crippen LogP contribution >= 0.6 is 0 Å². The Morgan fingerprint density at radius 2 is 1.67 bits per heavy atom. The van der Waals surface area contributed by atoms with Crippen molar-refractivity contribution in [2.24, 2.45) is 0 Å². The van der Waals surface area contributed by atoms with E-state index >= 15 is 0 Å². The highest BCUT2D eigenvalue weighted by molar-refractivity contribution is 5.85. The van der Waals surface area contributed by atoms with Crippen LogP contribution in [0.5, 0.6) is 5.75 Å². The van der Waals surface area contributed by atoms with Crippen molar-refractivity contribution in [3.63, 3.8) is 0 Å². The molecule has 0 aromatic heterocycles. The molecule has 0 amide bonds. The molecule has 2 aromatic rings. The Morgan fingerprint density at radius 1 is 0.944 bits per heavy atom. The van der Waals surface area contributed by atoms with Gasteiger partial charge in [-0.05, 0) is 17.7 Å². The zero-order valence-corrected chi connectivity index (χ0v) is 9.74. The van der Waals surface area contributed by atoms with Crippen LogP contribution < -0.4 is 4.74 Å². The highest BCUT2D eigenvalue weighted by atomic mass is 16.5. The summed E-state index contributed by atoms with van der Waals surface area (Å²) in [7, 11) is 0. The third-order valence-electron chi connectivity index (χ3n) is 3.03. The fraction of sp³-hybridized carbons (Fsp3) is 0.0625. The van der Waals surface area contributed by atoms with Crippen LogP contribution in [0.4, 0.5) is 0 Å². The number of para-hydroxylation sites is 1. The third kappa shape index (κ3) is 1.82. The standard InChI is InChI=1S/C16H12O2/c17-11-14-10-13-8-4-5-9-15(13)18-16(14)12-6-2-1-3-7-12/h1-11,16H/t16-/m0/s1. The van der Waals surface area contributed by atoms with Crippen LogP contribution in [0.3, 0.4) is 0 Å². The van der Waals surface area contributed by atoms with Gasteiger partial charge in [-0.2, -0.15) is 0 Å². The van der Waals surface area contributed by atoms with Gasteiger partial charge in [0, 0.05) is 11.1 Å². The Morgan fingerprint density at radius 3 is 2.44 bits per heavy atom. The second-order valence-electron chi connectivity index (χ2n) is 4.21. The van der Waals surface area contributed by atoms with E-state index in [1.165, 1.54) is 0 Å². The van der Waals surface area contributed by atoms with E-state index in [-0.39, 0.29) is 6.10 Å². The average Bonchev–Trinajstić information content (AvgIpc) is 2.46. The number of carbonyl (C=O) groups excluding carboxylic acids is 1.